The van der Waals surface area contributed by atoms with Crippen LogP contribution in [0.25, 0.3) is 0 Å². The molecule has 0 saturated carbocycles. The summed E-state index contributed by atoms with van der Waals surface area (Å²) in [5, 5.41) is 19.1. The minimum Gasteiger partial charge on any atom is -0.480 e. The molecule has 1 aromatic rings. The molecule has 0 heterocycles. The van der Waals surface area contributed by atoms with E-state index in [4.69, 9.17) is 16.2 Å². The lowest BCUT2D eigenvalue weighted by Gasteiger charge is -2.22. The SMILES string of the molecule is CC(C)(Nc1cccc(C(=N)N)c1)C(=O)O. The van der Waals surface area contributed by atoms with E-state index in [-0.39, 0.29) is 5.84 Å². The van der Waals surface area contributed by atoms with E-state index in [9.17, 15) is 4.79 Å². The van der Waals surface area contributed by atoms with E-state index in [1.54, 1.807) is 38.1 Å². The van der Waals surface area contributed by atoms with E-state index in [2.05, 4.69) is 5.32 Å². The Morgan fingerprint density at radius 2 is 2.12 bits per heavy atom. The van der Waals surface area contributed by atoms with Crippen LogP contribution < -0.4 is 11.1 Å². The fourth-order valence-corrected chi connectivity index (χ4v) is 1.18. The lowest BCUT2D eigenvalue weighted by atomic mass is 10.1. The van der Waals surface area contributed by atoms with Crippen molar-refractivity contribution in [2.75, 3.05) is 5.32 Å². The van der Waals surface area contributed by atoms with Crippen molar-refractivity contribution in [1.29, 1.82) is 5.41 Å². The molecule has 0 saturated heterocycles. The zero-order valence-corrected chi connectivity index (χ0v) is 9.24. The maximum Gasteiger partial charge on any atom is 0.328 e. The Morgan fingerprint density at radius 1 is 1.50 bits per heavy atom. The Hall–Kier alpha value is -2.04. The highest BCUT2D eigenvalue weighted by atomic mass is 16.4. The molecular formula is C11H15N3O2. The van der Waals surface area contributed by atoms with Gasteiger partial charge in [0, 0.05) is 11.3 Å². The van der Waals surface area contributed by atoms with E-state index in [1.807, 2.05) is 0 Å². The zero-order valence-electron chi connectivity index (χ0n) is 9.24. The van der Waals surface area contributed by atoms with Gasteiger partial charge in [0.1, 0.15) is 11.4 Å². The summed E-state index contributed by atoms with van der Waals surface area (Å²) in [6, 6.07) is 6.79. The fraction of sp³-hybridized carbons (Fsp3) is 0.273. The Labute approximate surface area is 93.8 Å². The normalized spacial score (nSPS) is 10.9. The number of carboxylic acids is 1. The van der Waals surface area contributed by atoms with E-state index < -0.39 is 11.5 Å². The van der Waals surface area contributed by atoms with Gasteiger partial charge in [-0.05, 0) is 26.0 Å². The molecule has 0 bridgehead atoms. The number of carboxylic acid groups (broad SMARTS) is 1. The lowest BCUT2D eigenvalue weighted by molar-refractivity contribution is -0.141. The summed E-state index contributed by atoms with van der Waals surface area (Å²) in [6.45, 7) is 3.13. The average Bonchev–Trinajstić information content (AvgIpc) is 2.17. The molecule has 0 fully saturated rings. The van der Waals surface area contributed by atoms with Crippen molar-refractivity contribution in [2.24, 2.45) is 5.73 Å². The number of hydrogen-bond donors (Lipinski definition) is 4. The number of hydrogen-bond acceptors (Lipinski definition) is 3. The molecule has 0 spiro atoms. The molecule has 86 valence electrons. The minimum absolute atomic E-state index is 0.0446. The first-order valence-corrected chi connectivity index (χ1v) is 4.79. The highest BCUT2D eigenvalue weighted by Gasteiger charge is 2.26. The highest BCUT2D eigenvalue weighted by molar-refractivity contribution is 5.96. The predicted molar refractivity (Wildman–Crippen MR) is 62.8 cm³/mol. The smallest absolute Gasteiger partial charge is 0.328 e. The van der Waals surface area contributed by atoms with Gasteiger partial charge in [0.2, 0.25) is 0 Å². The van der Waals surface area contributed by atoms with E-state index in [0.29, 0.717) is 11.3 Å². The lowest BCUT2D eigenvalue weighted by Crippen LogP contribution is -2.40. The highest BCUT2D eigenvalue weighted by Crippen LogP contribution is 2.16. The van der Waals surface area contributed by atoms with Crippen LogP contribution in [0.5, 0.6) is 0 Å². The third-order valence-corrected chi connectivity index (χ3v) is 2.17. The van der Waals surface area contributed by atoms with E-state index >= 15 is 0 Å². The van der Waals surface area contributed by atoms with Gasteiger partial charge in [-0.3, -0.25) is 5.41 Å². The van der Waals surface area contributed by atoms with Crippen LogP contribution in [-0.4, -0.2) is 22.5 Å². The first-order valence-electron chi connectivity index (χ1n) is 4.79. The van der Waals surface area contributed by atoms with Crippen molar-refractivity contribution < 1.29 is 9.90 Å². The monoisotopic (exact) mass is 221 g/mol. The standard InChI is InChI=1S/C11H15N3O2/c1-11(2,10(15)16)14-8-5-3-4-7(6-8)9(12)13/h3-6,14H,1-2H3,(H3,12,13)(H,15,16). The molecule has 0 aliphatic rings. The Kier molecular flexibility index (Phi) is 3.17. The summed E-state index contributed by atoms with van der Waals surface area (Å²) in [7, 11) is 0. The number of anilines is 1. The summed E-state index contributed by atoms with van der Waals surface area (Å²) in [5.74, 6) is -0.988. The number of amidine groups is 1. The molecule has 0 radical (unpaired) electrons. The Balaban J connectivity index is 2.94. The number of carbonyl (C=O) groups is 1. The molecule has 0 aliphatic carbocycles. The number of rotatable bonds is 4. The Bertz CT molecular complexity index is 427. The van der Waals surface area contributed by atoms with Crippen LogP contribution >= 0.6 is 0 Å². The summed E-state index contributed by atoms with van der Waals surface area (Å²) >= 11 is 0. The molecule has 5 heteroatoms. The van der Waals surface area contributed by atoms with Gasteiger partial charge in [0.05, 0.1) is 0 Å². The second kappa shape index (κ2) is 4.22. The van der Waals surface area contributed by atoms with Gasteiger partial charge >= 0.3 is 5.97 Å². The van der Waals surface area contributed by atoms with E-state index in [1.165, 1.54) is 0 Å². The van der Waals surface area contributed by atoms with Gasteiger partial charge < -0.3 is 16.2 Å². The van der Waals surface area contributed by atoms with Gasteiger partial charge in [0.25, 0.3) is 0 Å². The maximum atomic E-state index is 10.9. The first kappa shape index (κ1) is 12.0. The number of benzene rings is 1. The van der Waals surface area contributed by atoms with Crippen LogP contribution in [0.15, 0.2) is 24.3 Å². The van der Waals surface area contributed by atoms with Crippen molar-refractivity contribution in [3.8, 4) is 0 Å². The fourth-order valence-electron chi connectivity index (χ4n) is 1.18. The molecule has 0 aromatic heterocycles. The quantitative estimate of drug-likeness (QED) is 0.454. The summed E-state index contributed by atoms with van der Waals surface area (Å²) in [4.78, 5) is 10.9. The van der Waals surface area contributed by atoms with Crippen LogP contribution in [0.4, 0.5) is 5.69 Å². The molecule has 16 heavy (non-hydrogen) atoms. The molecule has 0 amide bonds. The van der Waals surface area contributed by atoms with Crippen molar-refractivity contribution in [2.45, 2.75) is 19.4 Å². The van der Waals surface area contributed by atoms with Crippen molar-refractivity contribution in [3.63, 3.8) is 0 Å². The molecule has 1 rings (SSSR count). The number of nitrogen functional groups attached to an aromatic ring is 1. The van der Waals surface area contributed by atoms with Gasteiger partial charge in [-0.2, -0.15) is 0 Å². The molecule has 0 atom stereocenters. The van der Waals surface area contributed by atoms with Gasteiger partial charge in [0.15, 0.2) is 0 Å². The third kappa shape index (κ3) is 2.73. The summed E-state index contributed by atoms with van der Waals surface area (Å²) in [5.41, 5.74) is 5.47. The van der Waals surface area contributed by atoms with Gasteiger partial charge in [-0.15, -0.1) is 0 Å². The Morgan fingerprint density at radius 3 is 2.62 bits per heavy atom. The average molecular weight is 221 g/mol. The van der Waals surface area contributed by atoms with Gasteiger partial charge in [-0.25, -0.2) is 4.79 Å². The zero-order chi connectivity index (χ0) is 12.3. The number of nitrogens with two attached hydrogens (primary N) is 1. The first-order chi connectivity index (χ1) is 7.33. The molecule has 5 nitrogen and oxygen atoms in total. The molecule has 0 aliphatic heterocycles. The molecule has 0 unspecified atom stereocenters. The molecule has 5 N–H and O–H groups in total. The maximum absolute atomic E-state index is 10.9. The summed E-state index contributed by atoms with van der Waals surface area (Å²) < 4.78 is 0. The van der Waals surface area contributed by atoms with Crippen LogP contribution in [0.1, 0.15) is 19.4 Å². The second-order valence-electron chi connectivity index (χ2n) is 4.05. The van der Waals surface area contributed by atoms with Gasteiger partial charge in [-0.1, -0.05) is 12.1 Å². The van der Waals surface area contributed by atoms with E-state index in [0.717, 1.165) is 0 Å². The van der Waals surface area contributed by atoms with Crippen LogP contribution in [0.2, 0.25) is 0 Å². The topological polar surface area (TPSA) is 99.2 Å². The molecular weight excluding hydrogens is 206 g/mol. The van der Waals surface area contributed by atoms with Crippen molar-refractivity contribution in [1.82, 2.24) is 0 Å². The second-order valence-corrected chi connectivity index (χ2v) is 4.05. The predicted octanol–water partition coefficient (Wildman–Crippen LogP) is 1.25. The third-order valence-electron chi connectivity index (χ3n) is 2.17. The van der Waals surface area contributed by atoms with Crippen LogP contribution in [0.3, 0.4) is 0 Å². The number of nitrogens with one attached hydrogen (secondary N) is 2. The molecule has 1 aromatic carbocycles. The van der Waals surface area contributed by atoms with Crippen LogP contribution in [0, 0.1) is 5.41 Å². The largest absolute Gasteiger partial charge is 0.480 e. The number of aliphatic carboxylic acids is 1. The van der Waals surface area contributed by atoms with Crippen molar-refractivity contribution >= 4 is 17.5 Å². The van der Waals surface area contributed by atoms with Crippen molar-refractivity contribution in [3.05, 3.63) is 29.8 Å². The summed E-state index contributed by atoms with van der Waals surface area (Å²) in [6.07, 6.45) is 0. The minimum atomic E-state index is -1.06. The van der Waals surface area contributed by atoms with Crippen LogP contribution in [-0.2, 0) is 4.79 Å².